The van der Waals surface area contributed by atoms with Gasteiger partial charge in [-0.05, 0) is 18.9 Å². The Morgan fingerprint density at radius 3 is 2.92 bits per heavy atom. The molecule has 8 heteroatoms. The van der Waals surface area contributed by atoms with E-state index in [1.807, 2.05) is 20.2 Å². The number of amides is 1. The van der Waals surface area contributed by atoms with Crippen molar-refractivity contribution in [3.8, 4) is 5.75 Å². The van der Waals surface area contributed by atoms with Crippen molar-refractivity contribution >= 4 is 5.91 Å². The quantitative estimate of drug-likeness (QED) is 0.868. The van der Waals surface area contributed by atoms with Crippen molar-refractivity contribution in [1.29, 1.82) is 0 Å². The third kappa shape index (κ3) is 3.01. The van der Waals surface area contributed by atoms with E-state index < -0.39 is 0 Å². The van der Waals surface area contributed by atoms with Gasteiger partial charge in [-0.2, -0.15) is 10.2 Å². The molecule has 1 amide bonds. The number of rotatable bonds is 5. The van der Waals surface area contributed by atoms with E-state index in [0.29, 0.717) is 30.6 Å². The van der Waals surface area contributed by atoms with Crippen molar-refractivity contribution in [2.75, 3.05) is 13.2 Å². The largest absolute Gasteiger partial charge is 0.482 e. The molecule has 128 valence electrons. The first-order valence-corrected chi connectivity index (χ1v) is 8.18. The molecule has 0 bridgehead atoms. The highest BCUT2D eigenvalue weighted by Gasteiger charge is 2.33. The number of nitrogens with zero attached hydrogens (tertiary/aromatic N) is 4. The molecule has 0 unspecified atom stereocenters. The molecule has 0 radical (unpaired) electrons. The van der Waals surface area contributed by atoms with Gasteiger partial charge in [0.1, 0.15) is 11.8 Å². The fourth-order valence-corrected chi connectivity index (χ4v) is 3.02. The summed E-state index contributed by atoms with van der Waals surface area (Å²) in [5, 5.41) is 11.4. The predicted octanol–water partition coefficient (Wildman–Crippen LogP) is 0.607. The van der Waals surface area contributed by atoms with E-state index in [2.05, 4.69) is 15.5 Å². The van der Waals surface area contributed by atoms with Crippen LogP contribution in [0, 0.1) is 0 Å². The van der Waals surface area contributed by atoms with Gasteiger partial charge in [-0.25, -0.2) is 0 Å². The smallest absolute Gasteiger partial charge is 0.272 e. The summed E-state index contributed by atoms with van der Waals surface area (Å²) >= 11 is 0. The molecule has 0 spiro atoms. The normalized spacial score (nSPS) is 23.4. The molecule has 8 nitrogen and oxygen atoms in total. The van der Waals surface area contributed by atoms with Crippen molar-refractivity contribution < 1.29 is 14.3 Å². The third-order valence-corrected chi connectivity index (χ3v) is 4.46. The van der Waals surface area contributed by atoms with E-state index in [4.69, 9.17) is 9.47 Å². The fraction of sp³-hybridized carbons (Fsp3) is 0.562. The van der Waals surface area contributed by atoms with Gasteiger partial charge in [0.15, 0.2) is 5.75 Å². The fourth-order valence-electron chi connectivity index (χ4n) is 3.02. The molecule has 2 aromatic rings. The van der Waals surface area contributed by atoms with Crippen LogP contribution >= 0.6 is 0 Å². The second-order valence-electron chi connectivity index (χ2n) is 6.48. The van der Waals surface area contributed by atoms with Crippen LogP contribution in [0.5, 0.6) is 5.75 Å². The van der Waals surface area contributed by atoms with Gasteiger partial charge in [0.2, 0.25) is 0 Å². The van der Waals surface area contributed by atoms with E-state index in [-0.39, 0.29) is 18.1 Å². The maximum atomic E-state index is 12.5. The topological polar surface area (TPSA) is 83.2 Å². The van der Waals surface area contributed by atoms with Gasteiger partial charge < -0.3 is 14.8 Å². The number of nitrogens with one attached hydrogen (secondary N) is 1. The van der Waals surface area contributed by atoms with Crippen LogP contribution in [0.1, 0.15) is 34.9 Å². The number of carbonyl (C=O) groups is 1. The predicted molar refractivity (Wildman–Crippen MR) is 84.9 cm³/mol. The molecule has 1 saturated carbocycles. The molecule has 1 N–H and O–H groups in total. The Kier molecular flexibility index (Phi) is 3.76. The number of carbonyl (C=O) groups excluding carboxylic acids is 1. The SMILES string of the molecule is Cn1cc(O[C@@H]2COC[C@@H]2NC(=O)c2cc(C3CC3)n(C)n2)cn1. The summed E-state index contributed by atoms with van der Waals surface area (Å²) in [4.78, 5) is 12.5. The van der Waals surface area contributed by atoms with Gasteiger partial charge in [-0.3, -0.25) is 14.2 Å². The Bertz CT molecular complexity index is 749. The number of aromatic nitrogens is 4. The Morgan fingerprint density at radius 1 is 1.38 bits per heavy atom. The van der Waals surface area contributed by atoms with E-state index in [9.17, 15) is 4.79 Å². The van der Waals surface area contributed by atoms with Gasteiger partial charge in [0, 0.05) is 25.7 Å². The van der Waals surface area contributed by atoms with Crippen molar-refractivity contribution in [2.24, 2.45) is 14.1 Å². The number of aryl methyl sites for hydroxylation is 2. The molecule has 2 aromatic heterocycles. The average molecular weight is 331 g/mol. The lowest BCUT2D eigenvalue weighted by atomic mass is 10.2. The minimum absolute atomic E-state index is 0.187. The zero-order valence-corrected chi connectivity index (χ0v) is 13.8. The summed E-state index contributed by atoms with van der Waals surface area (Å²) in [7, 11) is 3.72. The lowest BCUT2D eigenvalue weighted by Gasteiger charge is -2.19. The highest BCUT2D eigenvalue weighted by molar-refractivity contribution is 5.92. The maximum Gasteiger partial charge on any atom is 0.272 e. The van der Waals surface area contributed by atoms with Crippen LogP contribution in [0.2, 0.25) is 0 Å². The highest BCUT2D eigenvalue weighted by Crippen LogP contribution is 2.39. The molecule has 2 aliphatic rings. The summed E-state index contributed by atoms with van der Waals surface area (Å²) in [6.45, 7) is 0.869. The molecule has 1 aliphatic carbocycles. The van der Waals surface area contributed by atoms with Crippen LogP contribution in [0.3, 0.4) is 0 Å². The Morgan fingerprint density at radius 2 is 2.21 bits per heavy atom. The van der Waals surface area contributed by atoms with E-state index in [1.165, 1.54) is 12.8 Å². The van der Waals surface area contributed by atoms with Crippen molar-refractivity contribution in [3.05, 3.63) is 29.8 Å². The van der Waals surface area contributed by atoms with Crippen molar-refractivity contribution in [1.82, 2.24) is 24.9 Å². The molecule has 1 aliphatic heterocycles. The molecule has 24 heavy (non-hydrogen) atoms. The van der Waals surface area contributed by atoms with Crippen LogP contribution in [0.25, 0.3) is 0 Å². The summed E-state index contributed by atoms with van der Waals surface area (Å²) in [5.74, 6) is 1.04. The lowest BCUT2D eigenvalue weighted by molar-refractivity contribution is 0.0898. The molecule has 2 fully saturated rings. The monoisotopic (exact) mass is 331 g/mol. The van der Waals surface area contributed by atoms with E-state index in [0.717, 1.165) is 5.69 Å². The van der Waals surface area contributed by atoms with E-state index in [1.54, 1.807) is 21.8 Å². The molecule has 2 atom stereocenters. The molecule has 4 rings (SSSR count). The van der Waals surface area contributed by atoms with E-state index >= 15 is 0 Å². The van der Waals surface area contributed by atoms with Crippen LogP contribution in [0.4, 0.5) is 0 Å². The average Bonchev–Trinajstić information content (AvgIpc) is 2.97. The first-order valence-electron chi connectivity index (χ1n) is 8.18. The molecule has 3 heterocycles. The minimum atomic E-state index is -0.232. The highest BCUT2D eigenvalue weighted by atomic mass is 16.5. The number of ether oxygens (including phenoxy) is 2. The number of hydrogen-bond acceptors (Lipinski definition) is 5. The Labute approximate surface area is 139 Å². The summed E-state index contributed by atoms with van der Waals surface area (Å²) in [5.41, 5.74) is 1.58. The van der Waals surface area contributed by atoms with Gasteiger partial charge in [0.05, 0.1) is 31.6 Å². The van der Waals surface area contributed by atoms with Crippen molar-refractivity contribution in [3.63, 3.8) is 0 Å². The minimum Gasteiger partial charge on any atom is -0.482 e. The second-order valence-corrected chi connectivity index (χ2v) is 6.48. The molecule has 0 aromatic carbocycles. The maximum absolute atomic E-state index is 12.5. The van der Waals surface area contributed by atoms with Crippen molar-refractivity contribution in [2.45, 2.75) is 30.9 Å². The van der Waals surface area contributed by atoms with Gasteiger partial charge in [-0.1, -0.05) is 0 Å². The van der Waals surface area contributed by atoms with Crippen LogP contribution in [-0.4, -0.2) is 50.8 Å². The number of hydrogen-bond donors (Lipinski definition) is 1. The Hall–Kier alpha value is -2.35. The summed E-state index contributed by atoms with van der Waals surface area (Å²) in [6, 6.07) is 1.68. The van der Waals surface area contributed by atoms with Gasteiger partial charge in [-0.15, -0.1) is 0 Å². The first-order chi connectivity index (χ1) is 11.6. The molecule has 1 saturated heterocycles. The standard InChI is InChI=1S/C16H21N5O3/c1-20-7-11(6-17-20)24-15-9-23-8-13(15)18-16(22)12-5-14(10-3-4-10)21(2)19-12/h5-7,10,13,15H,3-4,8-9H2,1-2H3,(H,18,22)/t13-,15+/m0/s1. The second kappa shape index (κ2) is 5.94. The van der Waals surface area contributed by atoms with Gasteiger partial charge in [0.25, 0.3) is 5.91 Å². The van der Waals surface area contributed by atoms with Crippen LogP contribution < -0.4 is 10.1 Å². The Balaban J connectivity index is 1.41. The molecular formula is C16H21N5O3. The summed E-state index contributed by atoms with van der Waals surface area (Å²) < 4.78 is 14.8. The molecular weight excluding hydrogens is 310 g/mol. The van der Waals surface area contributed by atoms with Crippen LogP contribution in [-0.2, 0) is 18.8 Å². The van der Waals surface area contributed by atoms with Crippen LogP contribution in [0.15, 0.2) is 18.5 Å². The summed E-state index contributed by atoms with van der Waals surface area (Å²) in [6.07, 6.45) is 5.57. The first kappa shape index (κ1) is 15.2. The van der Waals surface area contributed by atoms with Gasteiger partial charge >= 0.3 is 0 Å². The lowest BCUT2D eigenvalue weighted by Crippen LogP contribution is -2.45. The third-order valence-electron chi connectivity index (χ3n) is 4.46. The zero-order valence-electron chi connectivity index (χ0n) is 13.8. The zero-order chi connectivity index (χ0) is 16.7.